The van der Waals surface area contributed by atoms with Crippen molar-refractivity contribution in [1.29, 1.82) is 5.41 Å². The van der Waals surface area contributed by atoms with E-state index in [1.165, 1.54) is 11.1 Å². The molecule has 0 spiro atoms. The summed E-state index contributed by atoms with van der Waals surface area (Å²) in [7, 11) is 0. The van der Waals surface area contributed by atoms with Gasteiger partial charge in [0, 0.05) is 31.0 Å². The average Bonchev–Trinajstić information content (AvgIpc) is 3.21. The van der Waals surface area contributed by atoms with Crippen molar-refractivity contribution in [3.05, 3.63) is 70.8 Å². The van der Waals surface area contributed by atoms with Gasteiger partial charge in [0.1, 0.15) is 11.9 Å². The van der Waals surface area contributed by atoms with Gasteiger partial charge in [0.05, 0.1) is 0 Å². The number of hydrogen-bond acceptors (Lipinski definition) is 4. The summed E-state index contributed by atoms with van der Waals surface area (Å²) in [4.78, 5) is 39.2. The van der Waals surface area contributed by atoms with Gasteiger partial charge in [0.15, 0.2) is 0 Å². The lowest BCUT2D eigenvalue weighted by Gasteiger charge is -2.42. The van der Waals surface area contributed by atoms with Crippen LogP contribution < -0.4 is 11.1 Å². The quantitative estimate of drug-likeness (QED) is 0.334. The summed E-state index contributed by atoms with van der Waals surface area (Å²) in [6.45, 7) is 0.823. The molecule has 1 saturated heterocycles. The van der Waals surface area contributed by atoms with E-state index in [4.69, 9.17) is 11.1 Å². The molecule has 2 aromatic carbocycles. The third kappa shape index (κ3) is 5.11. The highest BCUT2D eigenvalue weighted by atomic mass is 16.4. The Balaban J connectivity index is 1.39. The SMILES string of the molecule is N=C(N)c1ccc(CNC(=O)[C@@H]2CCN2C(=O)[C@H](CCC(=O)O)C2Cc3ccccc3C2)cc1. The van der Waals surface area contributed by atoms with Gasteiger partial charge in [-0.2, -0.15) is 0 Å². The predicted molar refractivity (Wildman–Crippen MR) is 127 cm³/mol. The van der Waals surface area contributed by atoms with Crippen LogP contribution >= 0.6 is 0 Å². The van der Waals surface area contributed by atoms with E-state index in [-0.39, 0.29) is 36.4 Å². The van der Waals surface area contributed by atoms with Crippen molar-refractivity contribution in [2.24, 2.45) is 17.6 Å². The van der Waals surface area contributed by atoms with E-state index in [0.29, 0.717) is 25.1 Å². The third-order valence-electron chi connectivity index (χ3n) is 6.98. The molecule has 1 aliphatic carbocycles. The van der Waals surface area contributed by atoms with Crippen LogP contribution in [0.1, 0.15) is 41.5 Å². The lowest BCUT2D eigenvalue weighted by molar-refractivity contribution is -0.152. The third-order valence-corrected chi connectivity index (χ3v) is 6.98. The van der Waals surface area contributed by atoms with Gasteiger partial charge in [-0.15, -0.1) is 0 Å². The Morgan fingerprint density at radius 2 is 1.74 bits per heavy atom. The highest BCUT2D eigenvalue weighted by Gasteiger charge is 2.43. The topological polar surface area (TPSA) is 137 Å². The molecule has 8 heteroatoms. The number of nitrogens with one attached hydrogen (secondary N) is 2. The predicted octanol–water partition coefficient (Wildman–Crippen LogP) is 2.08. The number of rotatable bonds is 9. The summed E-state index contributed by atoms with van der Waals surface area (Å²) in [5.41, 5.74) is 9.40. The van der Waals surface area contributed by atoms with Gasteiger partial charge in [-0.05, 0) is 48.3 Å². The number of hydrogen-bond donors (Lipinski definition) is 4. The standard InChI is InChI=1S/C26H30N4O4/c27-24(28)17-7-5-16(6-8-17)15-29-25(33)22-11-12-30(22)26(34)21(9-10-23(31)32)20-13-18-3-1-2-4-19(18)14-20/h1-8,20-22H,9-15H2,(H3,27,28)(H,29,33)(H,31,32)/t21-,22+/m1/s1. The van der Waals surface area contributed by atoms with E-state index < -0.39 is 17.9 Å². The maximum atomic E-state index is 13.5. The number of nitrogens with zero attached hydrogens (tertiary/aromatic N) is 1. The van der Waals surface area contributed by atoms with Gasteiger partial charge in [0.2, 0.25) is 11.8 Å². The number of likely N-dealkylation sites (tertiary alicyclic amines) is 1. The van der Waals surface area contributed by atoms with Gasteiger partial charge in [-0.1, -0.05) is 48.5 Å². The molecule has 1 fully saturated rings. The molecular formula is C26H30N4O4. The van der Waals surface area contributed by atoms with Crippen LogP contribution in [0.25, 0.3) is 0 Å². The normalized spacial score (nSPS) is 18.0. The summed E-state index contributed by atoms with van der Waals surface area (Å²) < 4.78 is 0. The summed E-state index contributed by atoms with van der Waals surface area (Å²) in [6.07, 6.45) is 2.32. The molecule has 178 valence electrons. The zero-order valence-electron chi connectivity index (χ0n) is 19.0. The van der Waals surface area contributed by atoms with Gasteiger partial charge < -0.3 is 21.1 Å². The molecule has 4 rings (SSSR count). The van der Waals surface area contributed by atoms with Crippen LogP contribution in [0, 0.1) is 17.2 Å². The maximum absolute atomic E-state index is 13.5. The van der Waals surface area contributed by atoms with Crippen LogP contribution in [0.5, 0.6) is 0 Å². The Bertz CT molecular complexity index is 1070. The highest BCUT2D eigenvalue weighted by molar-refractivity contribution is 5.95. The van der Waals surface area contributed by atoms with Crippen LogP contribution in [-0.2, 0) is 33.8 Å². The minimum Gasteiger partial charge on any atom is -0.481 e. The fourth-order valence-electron chi connectivity index (χ4n) is 4.96. The van der Waals surface area contributed by atoms with Crippen LogP contribution in [0.2, 0.25) is 0 Å². The van der Waals surface area contributed by atoms with Crippen LogP contribution in [-0.4, -0.2) is 46.2 Å². The molecule has 0 radical (unpaired) electrons. The smallest absolute Gasteiger partial charge is 0.303 e. The largest absolute Gasteiger partial charge is 0.481 e. The lowest BCUT2D eigenvalue weighted by Crippen LogP contribution is -2.60. The molecule has 5 N–H and O–H groups in total. The second kappa shape index (κ2) is 10.1. The first kappa shape index (κ1) is 23.5. The molecule has 0 bridgehead atoms. The Morgan fingerprint density at radius 3 is 2.26 bits per heavy atom. The lowest BCUT2D eigenvalue weighted by atomic mass is 9.83. The fraction of sp³-hybridized carbons (Fsp3) is 0.385. The number of carbonyl (C=O) groups is 3. The van der Waals surface area contributed by atoms with Gasteiger partial charge in [-0.3, -0.25) is 19.8 Å². The van der Waals surface area contributed by atoms with E-state index in [1.807, 2.05) is 12.1 Å². The zero-order chi connectivity index (χ0) is 24.2. The summed E-state index contributed by atoms with van der Waals surface area (Å²) in [5.74, 6) is -1.62. The number of carbonyl (C=O) groups excluding carboxylic acids is 2. The molecule has 2 aromatic rings. The van der Waals surface area contributed by atoms with Crippen molar-refractivity contribution in [3.63, 3.8) is 0 Å². The maximum Gasteiger partial charge on any atom is 0.303 e. The van der Waals surface area contributed by atoms with E-state index in [0.717, 1.165) is 18.4 Å². The van der Waals surface area contributed by atoms with Crippen molar-refractivity contribution >= 4 is 23.6 Å². The fourth-order valence-corrected chi connectivity index (χ4v) is 4.96. The zero-order valence-corrected chi connectivity index (χ0v) is 19.0. The number of amides is 2. The number of carboxylic acid groups (broad SMARTS) is 1. The molecule has 2 atom stereocenters. The first-order chi connectivity index (χ1) is 16.3. The highest BCUT2D eigenvalue weighted by Crippen LogP contribution is 2.36. The monoisotopic (exact) mass is 462 g/mol. The molecule has 1 aliphatic heterocycles. The minimum absolute atomic E-state index is 0.0120. The van der Waals surface area contributed by atoms with E-state index in [2.05, 4.69) is 17.4 Å². The molecule has 1 heterocycles. The number of amidine groups is 1. The first-order valence-corrected chi connectivity index (χ1v) is 11.6. The van der Waals surface area contributed by atoms with Crippen molar-refractivity contribution in [2.75, 3.05) is 6.54 Å². The van der Waals surface area contributed by atoms with Crippen molar-refractivity contribution < 1.29 is 19.5 Å². The van der Waals surface area contributed by atoms with Crippen LogP contribution in [0.4, 0.5) is 0 Å². The summed E-state index contributed by atoms with van der Waals surface area (Å²) in [5, 5.41) is 19.6. The number of carboxylic acids is 1. The van der Waals surface area contributed by atoms with Gasteiger partial charge in [0.25, 0.3) is 0 Å². The number of benzene rings is 2. The molecule has 0 saturated carbocycles. The second-order valence-electron chi connectivity index (χ2n) is 9.14. The molecule has 2 aliphatic rings. The van der Waals surface area contributed by atoms with E-state index in [1.54, 1.807) is 29.2 Å². The number of aliphatic carboxylic acids is 1. The van der Waals surface area contributed by atoms with Gasteiger partial charge in [-0.25, -0.2) is 0 Å². The summed E-state index contributed by atoms with van der Waals surface area (Å²) >= 11 is 0. The molecule has 0 unspecified atom stereocenters. The van der Waals surface area contributed by atoms with Crippen LogP contribution in [0.15, 0.2) is 48.5 Å². The van der Waals surface area contributed by atoms with E-state index >= 15 is 0 Å². The van der Waals surface area contributed by atoms with Crippen LogP contribution in [0.3, 0.4) is 0 Å². The Hall–Kier alpha value is -3.68. The first-order valence-electron chi connectivity index (χ1n) is 11.6. The van der Waals surface area contributed by atoms with Crippen molar-refractivity contribution in [2.45, 2.75) is 44.7 Å². The van der Waals surface area contributed by atoms with Crippen molar-refractivity contribution in [3.8, 4) is 0 Å². The second-order valence-corrected chi connectivity index (χ2v) is 9.14. The molecular weight excluding hydrogens is 432 g/mol. The Morgan fingerprint density at radius 1 is 1.09 bits per heavy atom. The number of fused-ring (bicyclic) bond motifs is 1. The molecule has 8 nitrogen and oxygen atoms in total. The van der Waals surface area contributed by atoms with Gasteiger partial charge >= 0.3 is 5.97 Å². The molecule has 34 heavy (non-hydrogen) atoms. The molecule has 0 aromatic heterocycles. The van der Waals surface area contributed by atoms with E-state index in [9.17, 15) is 19.5 Å². The van der Waals surface area contributed by atoms with Crippen molar-refractivity contribution in [1.82, 2.24) is 10.2 Å². The average molecular weight is 463 g/mol. The minimum atomic E-state index is -0.915. The Labute approximate surface area is 198 Å². The molecule has 2 amide bonds. The summed E-state index contributed by atoms with van der Waals surface area (Å²) in [6, 6.07) is 14.7. The number of nitrogen functional groups attached to an aromatic ring is 1. The Kier molecular flexibility index (Phi) is 6.95. The number of nitrogens with two attached hydrogens (primary N) is 1.